The third-order valence-electron chi connectivity index (χ3n) is 4.29. The summed E-state index contributed by atoms with van der Waals surface area (Å²) >= 11 is 0. The van der Waals surface area contributed by atoms with Gasteiger partial charge in [0.2, 0.25) is 0 Å². The number of nitro groups is 1. The fraction of sp³-hybridized carbons (Fsp3) is 0.333. The monoisotopic (exact) mass is 400 g/mol. The van der Waals surface area contributed by atoms with Crippen molar-refractivity contribution in [2.45, 2.75) is 39.2 Å². The van der Waals surface area contributed by atoms with E-state index < -0.39 is 22.9 Å². The summed E-state index contributed by atoms with van der Waals surface area (Å²) in [4.78, 5) is 35.1. The largest absolute Gasteiger partial charge is 0.495 e. The number of methoxy groups -OCH3 is 1. The second-order valence-corrected chi connectivity index (χ2v) is 7.51. The Hall–Kier alpha value is -3.42. The summed E-state index contributed by atoms with van der Waals surface area (Å²) in [5.74, 6) is -1.03. The minimum absolute atomic E-state index is 0.0486. The topological polar surface area (TPSA) is 108 Å². The number of nitrogens with zero attached hydrogens (tertiary/aromatic N) is 1. The number of nitrogens with one attached hydrogen (secondary N) is 1. The molecule has 0 bridgehead atoms. The smallest absolute Gasteiger partial charge is 0.338 e. The molecule has 0 fully saturated rings. The normalized spacial score (nSPS) is 12.0. The van der Waals surface area contributed by atoms with Crippen molar-refractivity contribution in [2.75, 3.05) is 12.4 Å². The Labute approximate surface area is 169 Å². The van der Waals surface area contributed by atoms with Crippen molar-refractivity contribution in [3.8, 4) is 5.75 Å². The summed E-state index contributed by atoms with van der Waals surface area (Å²) < 4.78 is 10.3. The van der Waals surface area contributed by atoms with Gasteiger partial charge in [0, 0.05) is 12.1 Å². The molecule has 0 spiro atoms. The van der Waals surface area contributed by atoms with E-state index in [1.54, 1.807) is 12.1 Å². The maximum Gasteiger partial charge on any atom is 0.338 e. The maximum atomic E-state index is 12.4. The first-order valence-corrected chi connectivity index (χ1v) is 8.97. The van der Waals surface area contributed by atoms with Gasteiger partial charge in [-0.1, -0.05) is 32.9 Å². The fourth-order valence-corrected chi connectivity index (χ4v) is 2.53. The van der Waals surface area contributed by atoms with E-state index in [-0.39, 0.29) is 22.5 Å². The summed E-state index contributed by atoms with van der Waals surface area (Å²) in [6, 6.07) is 10.8. The Bertz CT molecular complexity index is 916. The summed E-state index contributed by atoms with van der Waals surface area (Å²) in [6.45, 7) is 7.61. The molecule has 2 rings (SSSR count). The molecular weight excluding hydrogens is 376 g/mol. The number of non-ortho nitro benzene ring substituents is 1. The number of carbonyl (C=O) groups is 2. The lowest BCUT2D eigenvalue weighted by Crippen LogP contribution is -2.30. The summed E-state index contributed by atoms with van der Waals surface area (Å²) in [7, 11) is 1.38. The van der Waals surface area contributed by atoms with Crippen molar-refractivity contribution in [3.05, 3.63) is 63.7 Å². The summed E-state index contributed by atoms with van der Waals surface area (Å²) in [5, 5.41) is 13.4. The number of hydrogen-bond acceptors (Lipinski definition) is 6. The van der Waals surface area contributed by atoms with Crippen molar-refractivity contribution in [2.24, 2.45) is 0 Å². The van der Waals surface area contributed by atoms with Gasteiger partial charge in [0.1, 0.15) is 5.75 Å². The molecular formula is C21H24N2O6. The lowest BCUT2D eigenvalue weighted by Gasteiger charge is -2.19. The molecule has 0 aliphatic heterocycles. The highest BCUT2D eigenvalue weighted by molar-refractivity contribution is 5.98. The highest BCUT2D eigenvalue weighted by atomic mass is 16.6. The Morgan fingerprint density at radius 2 is 1.72 bits per heavy atom. The van der Waals surface area contributed by atoms with Gasteiger partial charge in [0.15, 0.2) is 6.10 Å². The van der Waals surface area contributed by atoms with Crippen LogP contribution in [0.25, 0.3) is 0 Å². The first kappa shape index (κ1) is 21.9. The highest BCUT2D eigenvalue weighted by Gasteiger charge is 2.22. The Balaban J connectivity index is 2.08. The molecule has 1 N–H and O–H groups in total. The van der Waals surface area contributed by atoms with Gasteiger partial charge in [0.05, 0.1) is 23.3 Å². The van der Waals surface area contributed by atoms with E-state index in [9.17, 15) is 19.7 Å². The number of rotatable bonds is 6. The number of esters is 1. The van der Waals surface area contributed by atoms with E-state index in [0.29, 0.717) is 5.56 Å². The van der Waals surface area contributed by atoms with Crippen molar-refractivity contribution in [3.63, 3.8) is 0 Å². The summed E-state index contributed by atoms with van der Waals surface area (Å²) in [5.41, 5.74) is 1.25. The van der Waals surface area contributed by atoms with E-state index in [4.69, 9.17) is 9.47 Å². The lowest BCUT2D eigenvalue weighted by atomic mass is 9.87. The first-order valence-electron chi connectivity index (χ1n) is 8.97. The standard InChI is InChI=1S/C21H24N2O6/c1-13(29-20(25)14-6-8-15(9-7-14)21(2,3)4)19(24)22-17-12-16(23(26)27)10-11-18(17)28-5/h6-13H,1-5H3,(H,22,24). The SMILES string of the molecule is COc1ccc([N+](=O)[O-])cc1NC(=O)C(C)OC(=O)c1ccc(C(C)(C)C)cc1. The zero-order valence-electron chi connectivity index (χ0n) is 17.0. The Morgan fingerprint density at radius 3 is 2.24 bits per heavy atom. The maximum absolute atomic E-state index is 12.4. The molecule has 1 unspecified atom stereocenters. The predicted molar refractivity (Wildman–Crippen MR) is 108 cm³/mol. The quantitative estimate of drug-likeness (QED) is 0.445. The zero-order chi connectivity index (χ0) is 21.8. The van der Waals surface area contributed by atoms with Crippen LogP contribution < -0.4 is 10.1 Å². The van der Waals surface area contributed by atoms with Crippen LogP contribution >= 0.6 is 0 Å². The van der Waals surface area contributed by atoms with Crippen LogP contribution in [0.1, 0.15) is 43.6 Å². The van der Waals surface area contributed by atoms with Crippen LogP contribution in [0.3, 0.4) is 0 Å². The van der Waals surface area contributed by atoms with Crippen LogP contribution in [0, 0.1) is 10.1 Å². The van der Waals surface area contributed by atoms with Crippen LogP contribution in [-0.2, 0) is 14.9 Å². The molecule has 0 aliphatic carbocycles. The minimum atomic E-state index is -1.12. The third-order valence-corrected chi connectivity index (χ3v) is 4.29. The molecule has 0 saturated heterocycles. The molecule has 0 aromatic heterocycles. The van der Waals surface area contributed by atoms with Gasteiger partial charge >= 0.3 is 5.97 Å². The van der Waals surface area contributed by atoms with E-state index >= 15 is 0 Å². The molecule has 8 heteroatoms. The average molecular weight is 400 g/mol. The highest BCUT2D eigenvalue weighted by Crippen LogP contribution is 2.29. The van der Waals surface area contributed by atoms with E-state index in [0.717, 1.165) is 5.56 Å². The van der Waals surface area contributed by atoms with E-state index in [1.165, 1.54) is 32.2 Å². The van der Waals surface area contributed by atoms with Crippen molar-refractivity contribution in [1.29, 1.82) is 0 Å². The van der Waals surface area contributed by atoms with Crippen LogP contribution in [0.2, 0.25) is 0 Å². The Kier molecular flexibility index (Phi) is 6.58. The fourth-order valence-electron chi connectivity index (χ4n) is 2.53. The van der Waals surface area contributed by atoms with Gasteiger partial charge in [-0.3, -0.25) is 14.9 Å². The molecule has 1 atom stereocenters. The second-order valence-electron chi connectivity index (χ2n) is 7.51. The van der Waals surface area contributed by atoms with E-state index in [1.807, 2.05) is 12.1 Å². The minimum Gasteiger partial charge on any atom is -0.495 e. The predicted octanol–water partition coefficient (Wildman–Crippen LogP) is 4.08. The van der Waals surface area contributed by atoms with Crippen molar-refractivity contribution in [1.82, 2.24) is 0 Å². The molecule has 0 heterocycles. The number of ether oxygens (including phenoxy) is 2. The summed E-state index contributed by atoms with van der Waals surface area (Å²) in [6.07, 6.45) is -1.12. The molecule has 0 aliphatic rings. The molecule has 1 amide bonds. The third kappa shape index (κ3) is 5.54. The molecule has 154 valence electrons. The number of amides is 1. The van der Waals surface area contributed by atoms with Crippen LogP contribution in [0.4, 0.5) is 11.4 Å². The number of benzene rings is 2. The van der Waals surface area contributed by atoms with Gasteiger partial charge in [-0.15, -0.1) is 0 Å². The van der Waals surface area contributed by atoms with Gasteiger partial charge in [-0.2, -0.15) is 0 Å². The second kappa shape index (κ2) is 8.72. The number of nitro benzene ring substituents is 1. The van der Waals surface area contributed by atoms with Crippen molar-refractivity contribution >= 4 is 23.3 Å². The zero-order valence-corrected chi connectivity index (χ0v) is 17.0. The van der Waals surface area contributed by atoms with Gasteiger partial charge in [-0.25, -0.2) is 4.79 Å². The average Bonchev–Trinajstić information content (AvgIpc) is 2.67. The lowest BCUT2D eigenvalue weighted by molar-refractivity contribution is -0.384. The van der Waals surface area contributed by atoms with Crippen molar-refractivity contribution < 1.29 is 24.0 Å². The molecule has 0 radical (unpaired) electrons. The molecule has 0 saturated carbocycles. The molecule has 2 aromatic rings. The molecule has 2 aromatic carbocycles. The van der Waals surface area contributed by atoms with Gasteiger partial charge < -0.3 is 14.8 Å². The van der Waals surface area contributed by atoms with Crippen LogP contribution in [0.15, 0.2) is 42.5 Å². The first-order chi connectivity index (χ1) is 13.5. The van der Waals surface area contributed by atoms with E-state index in [2.05, 4.69) is 26.1 Å². The number of anilines is 1. The van der Waals surface area contributed by atoms with Gasteiger partial charge in [-0.05, 0) is 36.1 Å². The number of carbonyl (C=O) groups excluding carboxylic acids is 2. The number of hydrogen-bond donors (Lipinski definition) is 1. The van der Waals surface area contributed by atoms with Gasteiger partial charge in [0.25, 0.3) is 11.6 Å². The Morgan fingerprint density at radius 1 is 1.10 bits per heavy atom. The molecule has 29 heavy (non-hydrogen) atoms. The van der Waals surface area contributed by atoms with Crippen LogP contribution in [0.5, 0.6) is 5.75 Å². The van der Waals surface area contributed by atoms with Crippen LogP contribution in [-0.4, -0.2) is 30.0 Å². The molecule has 8 nitrogen and oxygen atoms in total.